The molecule has 0 saturated carbocycles. The third-order valence-electron chi connectivity index (χ3n) is 2.47. The van der Waals surface area contributed by atoms with Gasteiger partial charge in [0, 0.05) is 11.1 Å². The van der Waals surface area contributed by atoms with E-state index in [0.717, 1.165) is 0 Å². The van der Waals surface area contributed by atoms with Crippen LogP contribution in [0.5, 0.6) is 5.75 Å². The van der Waals surface area contributed by atoms with Gasteiger partial charge in [-0.2, -0.15) is 8.78 Å². The van der Waals surface area contributed by atoms with Gasteiger partial charge in [0.25, 0.3) is 0 Å². The van der Waals surface area contributed by atoms with Crippen LogP contribution in [0.3, 0.4) is 0 Å². The smallest absolute Gasteiger partial charge is 0.387 e. The number of hydrogen-bond acceptors (Lipinski definition) is 1. The first-order chi connectivity index (χ1) is 9.38. The van der Waals surface area contributed by atoms with E-state index in [0.29, 0.717) is 26.2 Å². The van der Waals surface area contributed by atoms with Gasteiger partial charge in [-0.15, -0.1) is 0 Å². The molecule has 0 unspecified atom stereocenters. The summed E-state index contributed by atoms with van der Waals surface area (Å²) in [5, 5.41) is 1.19. The Kier molecular flexibility index (Phi) is 4.97. The van der Waals surface area contributed by atoms with Crippen LogP contribution in [0.2, 0.25) is 20.1 Å². The quantitative estimate of drug-likeness (QED) is 0.564. The van der Waals surface area contributed by atoms with Crippen molar-refractivity contribution in [3.63, 3.8) is 0 Å². The number of benzene rings is 2. The Morgan fingerprint density at radius 2 is 1.35 bits per heavy atom. The SMILES string of the molecule is FC(F)Oc1ccc(-c2cc(Cl)c(Cl)cc2Cl)c(Cl)c1. The minimum absolute atomic E-state index is 0.0371. The molecule has 0 radical (unpaired) electrons. The monoisotopic (exact) mass is 356 g/mol. The van der Waals surface area contributed by atoms with Crippen molar-refractivity contribution in [3.8, 4) is 16.9 Å². The molecule has 20 heavy (non-hydrogen) atoms. The lowest BCUT2D eigenvalue weighted by atomic mass is 10.1. The Morgan fingerprint density at radius 1 is 0.750 bits per heavy atom. The van der Waals surface area contributed by atoms with Gasteiger partial charge in [-0.05, 0) is 30.3 Å². The summed E-state index contributed by atoms with van der Waals surface area (Å²) in [5.74, 6) is -0.0371. The molecular formula is C13H6Cl4F2O. The maximum Gasteiger partial charge on any atom is 0.387 e. The number of rotatable bonds is 3. The van der Waals surface area contributed by atoms with Crippen molar-refractivity contribution in [2.24, 2.45) is 0 Å². The molecule has 0 bridgehead atoms. The number of halogens is 6. The maximum absolute atomic E-state index is 12.1. The Labute approximate surface area is 134 Å². The van der Waals surface area contributed by atoms with Gasteiger partial charge in [-0.3, -0.25) is 0 Å². The molecule has 2 aromatic carbocycles. The number of alkyl halides is 2. The normalized spacial score (nSPS) is 10.9. The van der Waals surface area contributed by atoms with E-state index in [2.05, 4.69) is 4.74 Å². The first-order valence-corrected chi connectivity index (χ1v) is 6.79. The Balaban J connectivity index is 2.46. The molecule has 0 aliphatic heterocycles. The first kappa shape index (κ1) is 15.6. The molecule has 106 valence electrons. The summed E-state index contributed by atoms with van der Waals surface area (Å²) < 4.78 is 28.5. The molecule has 0 heterocycles. The average molecular weight is 358 g/mol. The molecule has 0 aliphatic rings. The van der Waals surface area contributed by atoms with Crippen molar-refractivity contribution < 1.29 is 13.5 Å². The van der Waals surface area contributed by atoms with E-state index in [-0.39, 0.29) is 10.8 Å². The third kappa shape index (κ3) is 3.47. The third-order valence-corrected chi connectivity index (χ3v) is 3.81. The predicted molar refractivity (Wildman–Crippen MR) is 78.6 cm³/mol. The lowest BCUT2D eigenvalue weighted by molar-refractivity contribution is -0.0498. The van der Waals surface area contributed by atoms with Crippen LogP contribution in [0.15, 0.2) is 30.3 Å². The van der Waals surface area contributed by atoms with Gasteiger partial charge in [0.1, 0.15) is 5.75 Å². The highest BCUT2D eigenvalue weighted by atomic mass is 35.5. The van der Waals surface area contributed by atoms with Crippen LogP contribution in [0.4, 0.5) is 8.78 Å². The van der Waals surface area contributed by atoms with Gasteiger partial charge in [0.05, 0.1) is 20.1 Å². The van der Waals surface area contributed by atoms with Crippen LogP contribution in [-0.2, 0) is 0 Å². The van der Waals surface area contributed by atoms with Gasteiger partial charge in [-0.25, -0.2) is 0 Å². The average Bonchev–Trinajstić information content (AvgIpc) is 2.34. The zero-order chi connectivity index (χ0) is 14.9. The van der Waals surface area contributed by atoms with E-state index in [1.807, 2.05) is 0 Å². The molecule has 0 atom stereocenters. The van der Waals surface area contributed by atoms with Crippen LogP contribution in [0.1, 0.15) is 0 Å². The Hall–Kier alpha value is -0.740. The van der Waals surface area contributed by atoms with Gasteiger partial charge in [-0.1, -0.05) is 46.4 Å². The summed E-state index contributed by atoms with van der Waals surface area (Å²) in [5.41, 5.74) is 1.09. The minimum atomic E-state index is -2.91. The lowest BCUT2D eigenvalue weighted by Gasteiger charge is -2.11. The van der Waals surface area contributed by atoms with E-state index in [9.17, 15) is 8.78 Å². The van der Waals surface area contributed by atoms with E-state index < -0.39 is 6.61 Å². The summed E-state index contributed by atoms with van der Waals surface area (Å²) in [7, 11) is 0. The van der Waals surface area contributed by atoms with E-state index in [4.69, 9.17) is 46.4 Å². The Bertz CT molecular complexity index is 647. The second-order valence-corrected chi connectivity index (χ2v) is 5.40. The number of hydrogen-bond donors (Lipinski definition) is 0. The van der Waals surface area contributed by atoms with Crippen molar-refractivity contribution in [1.29, 1.82) is 0 Å². The molecule has 0 fully saturated rings. The van der Waals surface area contributed by atoms with Gasteiger partial charge in [0.15, 0.2) is 0 Å². The molecule has 1 nitrogen and oxygen atoms in total. The zero-order valence-electron chi connectivity index (χ0n) is 9.64. The van der Waals surface area contributed by atoms with Crippen LogP contribution < -0.4 is 4.74 Å². The van der Waals surface area contributed by atoms with Crippen molar-refractivity contribution >= 4 is 46.4 Å². The van der Waals surface area contributed by atoms with Gasteiger partial charge < -0.3 is 4.74 Å². The van der Waals surface area contributed by atoms with Crippen molar-refractivity contribution in [2.75, 3.05) is 0 Å². The van der Waals surface area contributed by atoms with E-state index in [1.54, 1.807) is 6.07 Å². The van der Waals surface area contributed by atoms with E-state index >= 15 is 0 Å². The second kappa shape index (κ2) is 6.35. The predicted octanol–water partition coefficient (Wildman–Crippen LogP) is 6.57. The maximum atomic E-state index is 12.1. The molecule has 0 aromatic heterocycles. The summed E-state index contributed by atoms with van der Waals surface area (Å²) in [6, 6.07) is 7.21. The zero-order valence-corrected chi connectivity index (χ0v) is 12.7. The van der Waals surface area contributed by atoms with E-state index in [1.165, 1.54) is 24.3 Å². The van der Waals surface area contributed by atoms with Crippen molar-refractivity contribution in [1.82, 2.24) is 0 Å². The molecule has 0 amide bonds. The molecule has 7 heteroatoms. The summed E-state index contributed by atoms with van der Waals surface area (Å²) in [6.45, 7) is -2.91. The summed E-state index contributed by atoms with van der Waals surface area (Å²) >= 11 is 23.9. The standard InChI is InChI=1S/C13H6Cl4F2O/c14-9-3-6(20-13(18)19)1-2-7(9)8-4-11(16)12(17)5-10(8)15/h1-5,13H. The van der Waals surface area contributed by atoms with Crippen LogP contribution in [-0.4, -0.2) is 6.61 Å². The minimum Gasteiger partial charge on any atom is -0.435 e. The summed E-state index contributed by atoms with van der Waals surface area (Å²) in [6.07, 6.45) is 0. The molecule has 2 aromatic rings. The topological polar surface area (TPSA) is 9.23 Å². The molecule has 0 N–H and O–H groups in total. The van der Waals surface area contributed by atoms with Crippen LogP contribution >= 0.6 is 46.4 Å². The lowest BCUT2D eigenvalue weighted by Crippen LogP contribution is -2.01. The largest absolute Gasteiger partial charge is 0.435 e. The molecular weight excluding hydrogens is 352 g/mol. The Morgan fingerprint density at radius 3 is 1.95 bits per heavy atom. The highest BCUT2D eigenvalue weighted by Gasteiger charge is 2.13. The molecule has 0 spiro atoms. The highest BCUT2D eigenvalue weighted by Crippen LogP contribution is 2.39. The van der Waals surface area contributed by atoms with Crippen molar-refractivity contribution in [3.05, 3.63) is 50.4 Å². The highest BCUT2D eigenvalue weighted by molar-refractivity contribution is 6.44. The molecule has 0 saturated heterocycles. The summed E-state index contributed by atoms with van der Waals surface area (Å²) in [4.78, 5) is 0. The van der Waals surface area contributed by atoms with Crippen LogP contribution in [0, 0.1) is 0 Å². The van der Waals surface area contributed by atoms with Crippen molar-refractivity contribution in [2.45, 2.75) is 6.61 Å². The fourth-order valence-electron chi connectivity index (χ4n) is 1.62. The number of ether oxygens (including phenoxy) is 1. The second-order valence-electron chi connectivity index (χ2n) is 3.77. The molecule has 0 aliphatic carbocycles. The fourth-order valence-corrected chi connectivity index (χ4v) is 2.54. The van der Waals surface area contributed by atoms with Gasteiger partial charge in [0.2, 0.25) is 0 Å². The molecule has 2 rings (SSSR count). The fraction of sp³-hybridized carbons (Fsp3) is 0.0769. The van der Waals surface area contributed by atoms with Crippen LogP contribution in [0.25, 0.3) is 11.1 Å². The van der Waals surface area contributed by atoms with Gasteiger partial charge >= 0.3 is 6.61 Å². The first-order valence-electron chi connectivity index (χ1n) is 5.27.